The second kappa shape index (κ2) is 8.38. The van der Waals surface area contributed by atoms with Crippen molar-refractivity contribution in [2.45, 2.75) is 38.5 Å². The predicted molar refractivity (Wildman–Crippen MR) is 106 cm³/mol. The number of hydrogen-bond acceptors (Lipinski definition) is 8. The number of pyridine rings is 1. The molecular formula is C20H27N5O3. The third-order valence-electron chi connectivity index (χ3n) is 5.47. The maximum Gasteiger partial charge on any atom is 0.174 e. The maximum atomic E-state index is 10.5. The van der Waals surface area contributed by atoms with Gasteiger partial charge in [-0.1, -0.05) is 0 Å². The number of nitrogens with zero attached hydrogens (tertiary/aromatic N) is 4. The third-order valence-corrected chi connectivity index (χ3v) is 5.47. The summed E-state index contributed by atoms with van der Waals surface area (Å²) in [5, 5.41) is 23.3. The molecule has 150 valence electrons. The molecule has 4 rings (SSSR count). The minimum absolute atomic E-state index is 0.430. The van der Waals surface area contributed by atoms with Crippen LogP contribution in [0.5, 0.6) is 0 Å². The Morgan fingerprint density at radius 3 is 2.79 bits per heavy atom. The summed E-state index contributed by atoms with van der Waals surface area (Å²) in [5.74, 6) is 1.98. The Morgan fingerprint density at radius 1 is 1.25 bits per heavy atom. The minimum Gasteiger partial charge on any atom is -0.387 e. The van der Waals surface area contributed by atoms with Crippen LogP contribution in [0.2, 0.25) is 0 Å². The number of rotatable bonds is 5. The van der Waals surface area contributed by atoms with Crippen molar-refractivity contribution >= 4 is 11.6 Å². The molecule has 0 aliphatic carbocycles. The summed E-state index contributed by atoms with van der Waals surface area (Å²) < 4.78 is 5.44. The van der Waals surface area contributed by atoms with Gasteiger partial charge < -0.3 is 25.2 Å². The number of aliphatic hydroxyl groups is 2. The van der Waals surface area contributed by atoms with Crippen molar-refractivity contribution in [3.8, 4) is 11.3 Å². The number of β-amino-alcohol motifs (C(OH)–C–C–N with tert-alkyl or cyclic N) is 1. The second-order valence-corrected chi connectivity index (χ2v) is 7.47. The van der Waals surface area contributed by atoms with Crippen molar-refractivity contribution in [3.05, 3.63) is 30.2 Å². The topological polar surface area (TPSA) is 104 Å². The first-order valence-corrected chi connectivity index (χ1v) is 9.89. The van der Waals surface area contributed by atoms with Gasteiger partial charge in [0.25, 0.3) is 0 Å². The summed E-state index contributed by atoms with van der Waals surface area (Å²) in [5.41, 5.74) is 2.13. The van der Waals surface area contributed by atoms with E-state index in [1.165, 1.54) is 0 Å². The molecule has 3 N–H and O–H groups in total. The van der Waals surface area contributed by atoms with E-state index in [0.29, 0.717) is 35.5 Å². The number of aromatic nitrogens is 3. The van der Waals surface area contributed by atoms with Crippen LogP contribution in [0.3, 0.4) is 0 Å². The molecule has 28 heavy (non-hydrogen) atoms. The lowest BCUT2D eigenvalue weighted by molar-refractivity contribution is 0.0633. The highest BCUT2D eigenvalue weighted by atomic mass is 16.5. The molecule has 0 amide bonds. The predicted octanol–water partition coefficient (Wildman–Crippen LogP) is 1.96. The van der Waals surface area contributed by atoms with Gasteiger partial charge in [-0.05, 0) is 44.2 Å². The van der Waals surface area contributed by atoms with Gasteiger partial charge in [-0.2, -0.15) is 0 Å². The van der Waals surface area contributed by atoms with E-state index in [1.807, 2.05) is 11.0 Å². The Hall–Kier alpha value is -2.29. The maximum absolute atomic E-state index is 10.5. The van der Waals surface area contributed by atoms with Crippen molar-refractivity contribution in [2.75, 3.05) is 36.5 Å². The van der Waals surface area contributed by atoms with Crippen LogP contribution in [-0.4, -0.2) is 57.7 Å². The first-order valence-electron chi connectivity index (χ1n) is 9.89. The molecule has 2 aromatic heterocycles. The van der Waals surface area contributed by atoms with Crippen LogP contribution in [0.4, 0.5) is 11.6 Å². The molecular weight excluding hydrogens is 358 g/mol. The first-order chi connectivity index (χ1) is 13.6. The lowest BCUT2D eigenvalue weighted by atomic mass is 9.96. The summed E-state index contributed by atoms with van der Waals surface area (Å²) in [6, 6.07) is 3.67. The molecule has 2 aliphatic rings. The standard InChI is InChI=1S/C20H27N5O3/c1-13(26)16-3-2-15(10-21-16)17-11-22-19-20(24-17)25(18(27)12-23-19)7-4-14-5-8-28-9-6-14/h2-3,10-11,13-14,18,26-27H,4-9,12H2,1H3,(H,22,23)/t13?,18-/m1/s1. The van der Waals surface area contributed by atoms with Gasteiger partial charge in [-0.3, -0.25) is 4.98 Å². The molecule has 4 heterocycles. The molecule has 0 radical (unpaired) electrons. The smallest absolute Gasteiger partial charge is 0.174 e. The second-order valence-electron chi connectivity index (χ2n) is 7.47. The van der Waals surface area contributed by atoms with Gasteiger partial charge in [-0.15, -0.1) is 0 Å². The third kappa shape index (κ3) is 4.09. The highest BCUT2D eigenvalue weighted by molar-refractivity contribution is 5.69. The fourth-order valence-electron chi connectivity index (χ4n) is 3.70. The van der Waals surface area contributed by atoms with Crippen LogP contribution in [-0.2, 0) is 4.74 Å². The van der Waals surface area contributed by atoms with E-state index >= 15 is 0 Å². The first kappa shape index (κ1) is 19.0. The van der Waals surface area contributed by atoms with Gasteiger partial charge in [0.2, 0.25) is 0 Å². The number of hydrogen-bond donors (Lipinski definition) is 3. The van der Waals surface area contributed by atoms with Crippen LogP contribution in [0.15, 0.2) is 24.5 Å². The van der Waals surface area contributed by atoms with Crippen LogP contribution in [0.1, 0.15) is 38.0 Å². The lowest BCUT2D eigenvalue weighted by Gasteiger charge is -2.36. The Labute approximate surface area is 164 Å². The number of nitrogens with one attached hydrogen (secondary N) is 1. The van der Waals surface area contributed by atoms with E-state index in [-0.39, 0.29) is 0 Å². The van der Waals surface area contributed by atoms with E-state index < -0.39 is 12.3 Å². The summed E-state index contributed by atoms with van der Waals surface area (Å²) >= 11 is 0. The van der Waals surface area contributed by atoms with Gasteiger partial charge in [-0.25, -0.2) is 9.97 Å². The highest BCUT2D eigenvalue weighted by Gasteiger charge is 2.28. The van der Waals surface area contributed by atoms with Gasteiger partial charge in [0.1, 0.15) is 6.23 Å². The van der Waals surface area contributed by atoms with Crippen LogP contribution < -0.4 is 10.2 Å². The molecule has 1 unspecified atom stereocenters. The molecule has 8 heteroatoms. The Balaban J connectivity index is 1.55. The van der Waals surface area contributed by atoms with Crippen LogP contribution in [0.25, 0.3) is 11.3 Å². The molecule has 0 aromatic carbocycles. The normalized spacial score (nSPS) is 21.1. The van der Waals surface area contributed by atoms with E-state index in [1.54, 1.807) is 25.4 Å². The monoisotopic (exact) mass is 385 g/mol. The molecule has 0 bridgehead atoms. The number of ether oxygens (including phenoxy) is 1. The van der Waals surface area contributed by atoms with E-state index in [2.05, 4.69) is 15.3 Å². The summed E-state index contributed by atoms with van der Waals surface area (Å²) in [6.45, 7) is 4.50. The minimum atomic E-state index is -0.632. The molecule has 0 spiro atoms. The molecule has 2 aliphatic heterocycles. The highest BCUT2D eigenvalue weighted by Crippen LogP contribution is 2.31. The number of fused-ring (bicyclic) bond motifs is 1. The van der Waals surface area contributed by atoms with Gasteiger partial charge in [0.05, 0.1) is 30.2 Å². The van der Waals surface area contributed by atoms with Gasteiger partial charge in [0.15, 0.2) is 11.6 Å². The SMILES string of the molecule is CC(O)c1ccc(-c2cnc3c(n2)N(CCC2CCOCC2)[C@H](O)CN3)cn1. The van der Waals surface area contributed by atoms with Crippen LogP contribution >= 0.6 is 0 Å². The van der Waals surface area contributed by atoms with Crippen molar-refractivity contribution in [1.82, 2.24) is 15.0 Å². The van der Waals surface area contributed by atoms with Crippen molar-refractivity contribution in [2.24, 2.45) is 5.92 Å². The van der Waals surface area contributed by atoms with Crippen LogP contribution in [0, 0.1) is 5.92 Å². The molecule has 1 saturated heterocycles. The number of aliphatic hydroxyl groups excluding tert-OH is 2. The average Bonchev–Trinajstić information content (AvgIpc) is 2.73. The molecule has 0 saturated carbocycles. The van der Waals surface area contributed by atoms with Gasteiger partial charge in [0, 0.05) is 31.5 Å². The Morgan fingerprint density at radius 2 is 2.07 bits per heavy atom. The molecule has 1 fully saturated rings. The quantitative estimate of drug-likeness (QED) is 0.718. The Kier molecular flexibility index (Phi) is 5.70. The number of anilines is 2. The lowest BCUT2D eigenvalue weighted by Crippen LogP contribution is -2.46. The molecule has 8 nitrogen and oxygen atoms in total. The fourth-order valence-corrected chi connectivity index (χ4v) is 3.70. The van der Waals surface area contributed by atoms with Gasteiger partial charge >= 0.3 is 0 Å². The molecule has 2 atom stereocenters. The van der Waals surface area contributed by atoms with Crippen molar-refractivity contribution in [1.29, 1.82) is 0 Å². The summed E-state index contributed by atoms with van der Waals surface area (Å²) in [4.78, 5) is 15.5. The zero-order valence-electron chi connectivity index (χ0n) is 16.1. The average molecular weight is 385 g/mol. The van der Waals surface area contributed by atoms with Crippen molar-refractivity contribution in [3.63, 3.8) is 0 Å². The van der Waals surface area contributed by atoms with E-state index in [9.17, 15) is 10.2 Å². The van der Waals surface area contributed by atoms with Crippen molar-refractivity contribution < 1.29 is 14.9 Å². The van der Waals surface area contributed by atoms with E-state index in [0.717, 1.165) is 44.6 Å². The summed E-state index contributed by atoms with van der Waals surface area (Å²) in [6.07, 6.45) is 5.30. The zero-order chi connectivity index (χ0) is 19.5. The Bertz CT molecular complexity index is 793. The summed E-state index contributed by atoms with van der Waals surface area (Å²) in [7, 11) is 0. The molecule has 2 aromatic rings. The largest absolute Gasteiger partial charge is 0.387 e. The zero-order valence-corrected chi connectivity index (χ0v) is 16.1. The fraction of sp³-hybridized carbons (Fsp3) is 0.550. The van der Waals surface area contributed by atoms with E-state index in [4.69, 9.17) is 9.72 Å².